The molecule has 1 rings (SSSR count). The van der Waals surface area contributed by atoms with Crippen LogP contribution in [-0.2, 0) is 4.79 Å². The van der Waals surface area contributed by atoms with Crippen LogP contribution in [0.15, 0.2) is 0 Å². The molecular weight excluding hydrogens is 254 g/mol. The Kier molecular flexibility index (Phi) is 5.65. The molecule has 0 spiro atoms. The second kappa shape index (κ2) is 6.51. The fourth-order valence-electron chi connectivity index (χ4n) is 2.24. The van der Waals surface area contributed by atoms with Crippen LogP contribution in [0.3, 0.4) is 0 Å². The van der Waals surface area contributed by atoms with E-state index >= 15 is 0 Å². The van der Waals surface area contributed by atoms with Crippen LogP contribution in [0.4, 0.5) is 0 Å². The normalized spacial score (nSPS) is 23.5. The number of halogens is 1. The Balaban J connectivity index is 2.40. The Bertz CT molecular complexity index is 208. The second-order valence-electron chi connectivity index (χ2n) is 4.59. The number of rotatable bonds is 6. The van der Waals surface area contributed by atoms with E-state index in [1.54, 1.807) is 0 Å². The topological polar surface area (TPSA) is 20.3 Å². The van der Waals surface area contributed by atoms with Crippen molar-refractivity contribution in [2.24, 2.45) is 11.8 Å². The maximum absolute atomic E-state index is 11.7. The molecule has 88 valence electrons. The number of nitrogens with zero attached hydrogens (tertiary/aromatic N) is 1. The molecule has 1 saturated heterocycles. The number of carbonyl (C=O) groups excluding carboxylic acids is 1. The van der Waals surface area contributed by atoms with Gasteiger partial charge in [-0.15, -0.1) is 0 Å². The molecular formula is C12H22BrNO. The van der Waals surface area contributed by atoms with E-state index in [2.05, 4.69) is 34.7 Å². The van der Waals surface area contributed by atoms with Crippen LogP contribution in [0.1, 0.15) is 39.5 Å². The van der Waals surface area contributed by atoms with Gasteiger partial charge in [-0.25, -0.2) is 0 Å². The van der Waals surface area contributed by atoms with Gasteiger partial charge in [0.15, 0.2) is 0 Å². The predicted molar refractivity (Wildman–Crippen MR) is 67.2 cm³/mol. The Morgan fingerprint density at radius 3 is 2.73 bits per heavy atom. The molecule has 0 aromatic rings. The molecule has 1 fully saturated rings. The first kappa shape index (κ1) is 13.0. The second-order valence-corrected chi connectivity index (χ2v) is 5.23. The van der Waals surface area contributed by atoms with E-state index in [0.717, 1.165) is 31.3 Å². The molecule has 0 bridgehead atoms. The first-order chi connectivity index (χ1) is 7.21. The lowest BCUT2D eigenvalue weighted by atomic mass is 10.1. The fraction of sp³-hybridized carbons (Fsp3) is 0.917. The van der Waals surface area contributed by atoms with E-state index in [4.69, 9.17) is 0 Å². The van der Waals surface area contributed by atoms with Crippen LogP contribution in [0.25, 0.3) is 0 Å². The van der Waals surface area contributed by atoms with Crippen molar-refractivity contribution in [1.82, 2.24) is 4.90 Å². The molecule has 1 aliphatic heterocycles. The maximum Gasteiger partial charge on any atom is 0.222 e. The van der Waals surface area contributed by atoms with Gasteiger partial charge in [-0.05, 0) is 18.3 Å². The Morgan fingerprint density at radius 1 is 1.53 bits per heavy atom. The molecule has 1 aliphatic rings. The van der Waals surface area contributed by atoms with Gasteiger partial charge in [-0.1, -0.05) is 42.6 Å². The summed E-state index contributed by atoms with van der Waals surface area (Å²) in [6.07, 6.45) is 4.33. The van der Waals surface area contributed by atoms with Crippen molar-refractivity contribution >= 4 is 21.8 Å². The predicted octanol–water partition coefficient (Wildman–Crippen LogP) is 3.06. The van der Waals surface area contributed by atoms with Gasteiger partial charge in [0.25, 0.3) is 0 Å². The highest BCUT2D eigenvalue weighted by molar-refractivity contribution is 9.09. The van der Waals surface area contributed by atoms with E-state index in [9.17, 15) is 4.79 Å². The number of hydrogen-bond donors (Lipinski definition) is 0. The van der Waals surface area contributed by atoms with Crippen molar-refractivity contribution in [1.29, 1.82) is 0 Å². The number of alkyl halides is 1. The molecule has 0 saturated carbocycles. The average molecular weight is 276 g/mol. The van der Waals surface area contributed by atoms with Gasteiger partial charge in [0.1, 0.15) is 0 Å². The summed E-state index contributed by atoms with van der Waals surface area (Å²) in [5.74, 6) is 1.61. The maximum atomic E-state index is 11.7. The molecule has 2 atom stereocenters. The summed E-state index contributed by atoms with van der Waals surface area (Å²) in [5, 5.41) is 1.02. The highest BCUT2D eigenvalue weighted by Crippen LogP contribution is 2.23. The van der Waals surface area contributed by atoms with Crippen LogP contribution >= 0.6 is 15.9 Å². The van der Waals surface area contributed by atoms with Crippen LogP contribution in [0.5, 0.6) is 0 Å². The largest absolute Gasteiger partial charge is 0.342 e. The van der Waals surface area contributed by atoms with Crippen LogP contribution in [0, 0.1) is 11.8 Å². The third-order valence-corrected chi connectivity index (χ3v) is 4.18. The number of amides is 1. The SMILES string of the molecule is CCCC(CBr)CN1CC(CC)CC1=O. The molecule has 0 aromatic carbocycles. The van der Waals surface area contributed by atoms with Gasteiger partial charge in [0.05, 0.1) is 0 Å². The molecule has 1 amide bonds. The Hall–Kier alpha value is -0.0500. The van der Waals surface area contributed by atoms with E-state index < -0.39 is 0 Å². The minimum absolute atomic E-state index is 0.365. The zero-order valence-electron chi connectivity index (χ0n) is 9.84. The van der Waals surface area contributed by atoms with Crippen LogP contribution in [-0.4, -0.2) is 29.2 Å². The van der Waals surface area contributed by atoms with Gasteiger partial charge >= 0.3 is 0 Å². The molecule has 1 heterocycles. The smallest absolute Gasteiger partial charge is 0.222 e. The summed E-state index contributed by atoms with van der Waals surface area (Å²) in [6.45, 7) is 6.32. The monoisotopic (exact) mass is 275 g/mol. The lowest BCUT2D eigenvalue weighted by molar-refractivity contribution is -0.128. The summed E-state index contributed by atoms with van der Waals surface area (Å²) in [7, 11) is 0. The summed E-state index contributed by atoms with van der Waals surface area (Å²) < 4.78 is 0. The van der Waals surface area contributed by atoms with Crippen LogP contribution in [0.2, 0.25) is 0 Å². The number of hydrogen-bond acceptors (Lipinski definition) is 1. The number of carbonyl (C=O) groups is 1. The Morgan fingerprint density at radius 2 is 2.27 bits per heavy atom. The van der Waals surface area contributed by atoms with Crippen molar-refractivity contribution in [2.75, 3.05) is 18.4 Å². The minimum atomic E-state index is 0.365. The standard InChI is InChI=1S/C12H22BrNO/c1-3-5-11(7-13)9-14-8-10(4-2)6-12(14)15/h10-11H,3-9H2,1-2H3. The van der Waals surface area contributed by atoms with Gasteiger partial charge in [0, 0.05) is 24.8 Å². The molecule has 0 aromatic heterocycles. The zero-order valence-corrected chi connectivity index (χ0v) is 11.4. The molecule has 2 unspecified atom stereocenters. The van der Waals surface area contributed by atoms with Crippen molar-refractivity contribution in [2.45, 2.75) is 39.5 Å². The molecule has 15 heavy (non-hydrogen) atoms. The van der Waals surface area contributed by atoms with E-state index in [1.807, 2.05) is 0 Å². The average Bonchev–Trinajstić information content (AvgIpc) is 2.59. The summed E-state index contributed by atoms with van der Waals surface area (Å²) in [6, 6.07) is 0. The molecule has 0 N–H and O–H groups in total. The summed E-state index contributed by atoms with van der Waals surface area (Å²) >= 11 is 3.54. The van der Waals surface area contributed by atoms with Crippen molar-refractivity contribution in [3.8, 4) is 0 Å². The lowest BCUT2D eigenvalue weighted by Gasteiger charge is -2.22. The molecule has 0 aliphatic carbocycles. The summed E-state index contributed by atoms with van der Waals surface area (Å²) in [4.78, 5) is 13.8. The molecule has 0 radical (unpaired) electrons. The lowest BCUT2D eigenvalue weighted by Crippen LogP contribution is -2.31. The van der Waals surface area contributed by atoms with Crippen molar-refractivity contribution in [3.05, 3.63) is 0 Å². The summed E-state index contributed by atoms with van der Waals surface area (Å²) in [5.41, 5.74) is 0. The third kappa shape index (κ3) is 3.78. The van der Waals surface area contributed by atoms with Gasteiger partial charge < -0.3 is 4.90 Å². The first-order valence-corrected chi connectivity index (χ1v) is 7.17. The third-order valence-electron chi connectivity index (χ3n) is 3.27. The first-order valence-electron chi connectivity index (χ1n) is 6.04. The molecule has 3 heteroatoms. The van der Waals surface area contributed by atoms with E-state index in [-0.39, 0.29) is 0 Å². The molecule has 2 nitrogen and oxygen atoms in total. The van der Waals surface area contributed by atoms with E-state index in [0.29, 0.717) is 17.7 Å². The minimum Gasteiger partial charge on any atom is -0.342 e. The van der Waals surface area contributed by atoms with Gasteiger partial charge in [0.2, 0.25) is 5.91 Å². The van der Waals surface area contributed by atoms with Crippen LogP contribution < -0.4 is 0 Å². The number of likely N-dealkylation sites (tertiary alicyclic amines) is 1. The van der Waals surface area contributed by atoms with Crippen molar-refractivity contribution in [3.63, 3.8) is 0 Å². The van der Waals surface area contributed by atoms with E-state index in [1.165, 1.54) is 12.8 Å². The van der Waals surface area contributed by atoms with Gasteiger partial charge in [-0.3, -0.25) is 4.79 Å². The quantitative estimate of drug-likeness (QED) is 0.683. The van der Waals surface area contributed by atoms with Crippen molar-refractivity contribution < 1.29 is 4.79 Å². The fourth-order valence-corrected chi connectivity index (χ4v) is 2.77. The highest BCUT2D eigenvalue weighted by Gasteiger charge is 2.29. The Labute approximate surface area is 102 Å². The zero-order chi connectivity index (χ0) is 11.3. The van der Waals surface area contributed by atoms with Gasteiger partial charge in [-0.2, -0.15) is 0 Å². The highest BCUT2D eigenvalue weighted by atomic mass is 79.9.